The Bertz CT molecular complexity index is 519. The largest absolute Gasteiger partial charge is 0.480 e. The lowest BCUT2D eigenvalue weighted by Crippen LogP contribution is -2.55. The van der Waals surface area contributed by atoms with Crippen LogP contribution in [0.25, 0.3) is 0 Å². The summed E-state index contributed by atoms with van der Waals surface area (Å²) in [5, 5.41) is 9.41. The third-order valence-electron chi connectivity index (χ3n) is 5.84. The molecule has 0 heterocycles. The van der Waals surface area contributed by atoms with Gasteiger partial charge in [0.25, 0.3) is 0 Å². The number of unbranched alkanes of at least 4 members (excludes halogenated alkanes) is 11. The van der Waals surface area contributed by atoms with Gasteiger partial charge in [0.1, 0.15) is 0 Å². The average molecular weight is 441 g/mol. The van der Waals surface area contributed by atoms with Crippen molar-refractivity contribution in [2.75, 3.05) is 6.54 Å². The molecule has 7 nitrogen and oxygen atoms in total. The fraction of sp³-hybridized carbons (Fsp3) is 0.875. The van der Waals surface area contributed by atoms with Crippen molar-refractivity contribution in [2.24, 2.45) is 28.1 Å². The van der Waals surface area contributed by atoms with E-state index >= 15 is 0 Å². The lowest BCUT2D eigenvalue weighted by atomic mass is 9.87. The number of guanidine groups is 1. The minimum atomic E-state index is -1.84. The molecule has 0 amide bonds. The number of carboxylic acids is 1. The van der Waals surface area contributed by atoms with Crippen molar-refractivity contribution in [3.05, 3.63) is 0 Å². The number of ketones is 1. The molecule has 0 radical (unpaired) electrons. The van der Waals surface area contributed by atoms with Gasteiger partial charge in [0.2, 0.25) is 0 Å². The summed E-state index contributed by atoms with van der Waals surface area (Å²) in [4.78, 5) is 27.7. The molecule has 31 heavy (non-hydrogen) atoms. The predicted molar refractivity (Wildman–Crippen MR) is 129 cm³/mol. The first-order valence-electron chi connectivity index (χ1n) is 12.3. The van der Waals surface area contributed by atoms with Gasteiger partial charge in [-0.05, 0) is 25.2 Å². The number of aliphatic imine (C=N–C) groups is 1. The van der Waals surface area contributed by atoms with Crippen LogP contribution in [0.2, 0.25) is 0 Å². The number of hydrogen-bond acceptors (Lipinski definition) is 4. The number of hydrogen-bond donors (Lipinski definition) is 4. The first-order valence-corrected chi connectivity index (χ1v) is 12.3. The van der Waals surface area contributed by atoms with Gasteiger partial charge in [-0.15, -0.1) is 0 Å². The fourth-order valence-electron chi connectivity index (χ4n) is 3.76. The van der Waals surface area contributed by atoms with Crippen LogP contribution in [0, 0.1) is 5.92 Å². The minimum Gasteiger partial charge on any atom is -0.480 e. The van der Waals surface area contributed by atoms with Gasteiger partial charge in [0.05, 0.1) is 0 Å². The second kappa shape index (κ2) is 18.0. The van der Waals surface area contributed by atoms with Gasteiger partial charge in [0, 0.05) is 13.0 Å². The number of carbonyl (C=O) groups excluding carboxylic acids is 1. The van der Waals surface area contributed by atoms with E-state index in [0.717, 1.165) is 18.8 Å². The highest BCUT2D eigenvalue weighted by Gasteiger charge is 2.40. The maximum atomic E-state index is 12.4. The van der Waals surface area contributed by atoms with Crippen LogP contribution in [0.15, 0.2) is 4.99 Å². The standard InChI is InChI=1S/C24H48N4O3/c1-20(2)16-13-11-9-7-5-3-4-6-8-10-12-14-17-21(29)24(27,22(30)31)18-15-19-28-23(25)26/h20H,3-19,27H2,1-2H3,(H,30,31)(H4,25,26,28)/t24-/m1/s1. The van der Waals surface area contributed by atoms with Crippen LogP contribution in [0.1, 0.15) is 117 Å². The topological polar surface area (TPSA) is 145 Å². The van der Waals surface area contributed by atoms with Crippen molar-refractivity contribution in [3.8, 4) is 0 Å². The van der Waals surface area contributed by atoms with Crippen LogP contribution < -0.4 is 17.2 Å². The van der Waals surface area contributed by atoms with Crippen molar-refractivity contribution in [3.63, 3.8) is 0 Å². The van der Waals surface area contributed by atoms with Gasteiger partial charge < -0.3 is 22.3 Å². The lowest BCUT2D eigenvalue weighted by Gasteiger charge is -2.23. The molecule has 0 saturated carbocycles. The quantitative estimate of drug-likeness (QED) is 0.0894. The number of rotatable bonds is 21. The zero-order valence-electron chi connectivity index (χ0n) is 20.0. The molecular formula is C24H48N4O3. The molecule has 7 heteroatoms. The zero-order valence-corrected chi connectivity index (χ0v) is 20.0. The summed E-state index contributed by atoms with van der Waals surface area (Å²) >= 11 is 0. The first-order chi connectivity index (χ1) is 14.7. The number of carbonyl (C=O) groups is 2. The van der Waals surface area contributed by atoms with Gasteiger partial charge in [0.15, 0.2) is 17.3 Å². The van der Waals surface area contributed by atoms with Gasteiger partial charge in [-0.25, -0.2) is 4.79 Å². The molecule has 0 aromatic heterocycles. The van der Waals surface area contributed by atoms with Crippen molar-refractivity contribution in [1.82, 2.24) is 0 Å². The average Bonchev–Trinajstić information content (AvgIpc) is 2.70. The highest BCUT2D eigenvalue weighted by molar-refractivity contribution is 6.07. The summed E-state index contributed by atoms with van der Waals surface area (Å²) in [6.07, 6.45) is 16.5. The number of aliphatic carboxylic acids is 1. The molecule has 0 aromatic carbocycles. The summed E-state index contributed by atoms with van der Waals surface area (Å²) in [5.74, 6) is -0.906. The molecule has 0 aromatic rings. The van der Waals surface area contributed by atoms with Crippen LogP contribution in [0.5, 0.6) is 0 Å². The summed E-state index contributed by atoms with van der Waals surface area (Å²) in [7, 11) is 0. The Balaban J connectivity index is 3.74. The van der Waals surface area contributed by atoms with Crippen molar-refractivity contribution >= 4 is 17.7 Å². The highest BCUT2D eigenvalue weighted by Crippen LogP contribution is 2.18. The van der Waals surface area contributed by atoms with Crippen LogP contribution in [-0.2, 0) is 9.59 Å². The number of Topliss-reactive ketones (excluding diaryl/α,β-unsaturated/α-hetero) is 1. The van der Waals surface area contributed by atoms with Gasteiger partial charge in [-0.3, -0.25) is 9.79 Å². The molecule has 0 spiro atoms. The van der Waals surface area contributed by atoms with Gasteiger partial charge in [-0.1, -0.05) is 90.9 Å². The smallest absolute Gasteiger partial charge is 0.331 e. The summed E-state index contributed by atoms with van der Waals surface area (Å²) in [6.45, 7) is 4.84. The Kier molecular flexibility index (Phi) is 17.0. The number of nitrogens with two attached hydrogens (primary N) is 3. The van der Waals surface area contributed by atoms with Crippen molar-refractivity contribution in [1.29, 1.82) is 0 Å². The zero-order chi connectivity index (χ0) is 23.5. The predicted octanol–water partition coefficient (Wildman–Crippen LogP) is 4.51. The maximum absolute atomic E-state index is 12.4. The second-order valence-electron chi connectivity index (χ2n) is 9.28. The van der Waals surface area contributed by atoms with E-state index in [1.54, 1.807) is 0 Å². The molecular weight excluding hydrogens is 392 g/mol. The third kappa shape index (κ3) is 15.8. The second-order valence-corrected chi connectivity index (χ2v) is 9.28. The van der Waals surface area contributed by atoms with E-state index in [9.17, 15) is 14.7 Å². The maximum Gasteiger partial charge on any atom is 0.331 e. The van der Waals surface area contributed by atoms with E-state index in [4.69, 9.17) is 17.2 Å². The van der Waals surface area contributed by atoms with Crippen LogP contribution >= 0.6 is 0 Å². The van der Waals surface area contributed by atoms with Gasteiger partial charge >= 0.3 is 5.97 Å². The third-order valence-corrected chi connectivity index (χ3v) is 5.84. The SMILES string of the molecule is CC(C)CCCCCCCCCCCCCCC(=O)[C@](N)(CCCN=C(N)N)C(=O)O. The van der Waals surface area contributed by atoms with E-state index in [2.05, 4.69) is 18.8 Å². The molecule has 0 aliphatic rings. The van der Waals surface area contributed by atoms with Crippen molar-refractivity contribution in [2.45, 2.75) is 122 Å². The Hall–Kier alpha value is -1.63. The van der Waals surface area contributed by atoms with E-state index in [1.165, 1.54) is 64.2 Å². The lowest BCUT2D eigenvalue weighted by molar-refractivity contribution is -0.148. The summed E-state index contributed by atoms with van der Waals surface area (Å²) in [6, 6.07) is 0. The fourth-order valence-corrected chi connectivity index (χ4v) is 3.76. The van der Waals surface area contributed by atoms with E-state index in [0.29, 0.717) is 12.8 Å². The summed E-state index contributed by atoms with van der Waals surface area (Å²) in [5.41, 5.74) is 14.6. The molecule has 0 aliphatic carbocycles. The first kappa shape index (κ1) is 29.4. The Morgan fingerprint density at radius 3 is 1.68 bits per heavy atom. The van der Waals surface area contributed by atoms with Crippen LogP contribution in [0.3, 0.4) is 0 Å². The molecule has 0 saturated heterocycles. The monoisotopic (exact) mass is 440 g/mol. The molecule has 0 bridgehead atoms. The number of carboxylic acid groups (broad SMARTS) is 1. The van der Waals surface area contributed by atoms with Gasteiger partial charge in [-0.2, -0.15) is 0 Å². The molecule has 1 atom stereocenters. The molecule has 0 rings (SSSR count). The van der Waals surface area contributed by atoms with Crippen molar-refractivity contribution < 1.29 is 14.7 Å². The van der Waals surface area contributed by atoms with Crippen LogP contribution in [0.4, 0.5) is 0 Å². The minimum absolute atomic E-state index is 0.0374. The van der Waals surface area contributed by atoms with E-state index < -0.39 is 17.3 Å². The molecule has 7 N–H and O–H groups in total. The summed E-state index contributed by atoms with van der Waals surface area (Å²) < 4.78 is 0. The molecule has 0 fully saturated rings. The normalized spacial score (nSPS) is 13.2. The molecule has 182 valence electrons. The van der Waals surface area contributed by atoms with E-state index in [1.807, 2.05) is 0 Å². The molecule has 0 unspecified atom stereocenters. The Labute approximate surface area is 189 Å². The number of nitrogens with zero attached hydrogens (tertiary/aromatic N) is 1. The van der Waals surface area contributed by atoms with E-state index in [-0.39, 0.29) is 25.3 Å². The Morgan fingerprint density at radius 2 is 1.26 bits per heavy atom. The highest BCUT2D eigenvalue weighted by atomic mass is 16.4. The Morgan fingerprint density at radius 1 is 0.806 bits per heavy atom. The molecule has 0 aliphatic heterocycles. The van der Waals surface area contributed by atoms with Crippen LogP contribution in [-0.4, -0.2) is 34.9 Å².